The Morgan fingerprint density at radius 1 is 1.56 bits per heavy atom. The summed E-state index contributed by atoms with van der Waals surface area (Å²) in [5.74, 6) is 0.282. The van der Waals surface area contributed by atoms with Gasteiger partial charge in [-0.05, 0) is 52.4 Å². The molecule has 2 rings (SSSR count). The quantitative estimate of drug-likeness (QED) is 0.769. The SMILES string of the molecule is CCNC(c1cc(Cl)c(Br)cc1F)C1CC1(C)C. The zero-order valence-electron chi connectivity index (χ0n) is 10.9. The van der Waals surface area contributed by atoms with Crippen LogP contribution in [0.2, 0.25) is 5.02 Å². The van der Waals surface area contributed by atoms with Crippen LogP contribution in [0.5, 0.6) is 0 Å². The van der Waals surface area contributed by atoms with Gasteiger partial charge in [-0.2, -0.15) is 0 Å². The van der Waals surface area contributed by atoms with Gasteiger partial charge in [-0.1, -0.05) is 32.4 Å². The Balaban J connectivity index is 2.34. The molecule has 1 nitrogen and oxygen atoms in total. The van der Waals surface area contributed by atoms with Crippen LogP contribution in [0, 0.1) is 17.2 Å². The Labute approximate surface area is 121 Å². The topological polar surface area (TPSA) is 12.0 Å². The van der Waals surface area contributed by atoms with Crippen LogP contribution in [0.25, 0.3) is 0 Å². The molecule has 1 fully saturated rings. The first-order valence-corrected chi connectivity index (χ1v) is 7.41. The van der Waals surface area contributed by atoms with Crippen molar-refractivity contribution < 1.29 is 4.39 Å². The number of rotatable bonds is 4. The standard InChI is InChI=1S/C14H18BrClFN/c1-4-18-13(9-7-14(9,2)3)8-5-11(16)10(15)6-12(8)17/h5-6,9,13,18H,4,7H2,1-3H3. The lowest BCUT2D eigenvalue weighted by molar-refractivity contribution is 0.410. The molecule has 1 aliphatic rings. The highest BCUT2D eigenvalue weighted by Crippen LogP contribution is 2.58. The number of hydrogen-bond donors (Lipinski definition) is 1. The number of nitrogens with one attached hydrogen (secondary N) is 1. The summed E-state index contributed by atoms with van der Waals surface area (Å²) in [6.07, 6.45) is 1.12. The van der Waals surface area contributed by atoms with Gasteiger partial charge in [0.1, 0.15) is 5.82 Å². The lowest BCUT2D eigenvalue weighted by atomic mass is 9.96. The van der Waals surface area contributed by atoms with Crippen LogP contribution in [0.15, 0.2) is 16.6 Å². The Morgan fingerprint density at radius 3 is 2.67 bits per heavy atom. The zero-order chi connectivity index (χ0) is 13.5. The Kier molecular flexibility index (Phi) is 4.05. The minimum Gasteiger partial charge on any atom is -0.310 e. The van der Waals surface area contributed by atoms with Crippen LogP contribution in [0.3, 0.4) is 0 Å². The van der Waals surface area contributed by atoms with E-state index in [0.29, 0.717) is 26.4 Å². The van der Waals surface area contributed by atoms with Crippen molar-refractivity contribution in [3.05, 3.63) is 33.0 Å². The van der Waals surface area contributed by atoms with Gasteiger partial charge in [0.2, 0.25) is 0 Å². The van der Waals surface area contributed by atoms with Gasteiger partial charge >= 0.3 is 0 Å². The van der Waals surface area contributed by atoms with Crippen LogP contribution < -0.4 is 5.32 Å². The van der Waals surface area contributed by atoms with E-state index >= 15 is 0 Å². The van der Waals surface area contributed by atoms with Gasteiger partial charge in [0.05, 0.1) is 5.02 Å². The monoisotopic (exact) mass is 333 g/mol. The highest BCUT2D eigenvalue weighted by Gasteiger charge is 2.50. The molecule has 0 bridgehead atoms. The molecule has 0 heterocycles. The Bertz CT molecular complexity index is 461. The molecular formula is C14H18BrClFN. The molecule has 2 atom stereocenters. The molecule has 0 spiro atoms. The molecule has 18 heavy (non-hydrogen) atoms. The van der Waals surface area contributed by atoms with Crippen LogP contribution >= 0.6 is 27.5 Å². The van der Waals surface area contributed by atoms with Crippen molar-refractivity contribution in [3.8, 4) is 0 Å². The second-order valence-corrected chi connectivity index (χ2v) is 6.88. The summed E-state index contributed by atoms with van der Waals surface area (Å²) >= 11 is 9.34. The molecule has 2 unspecified atom stereocenters. The number of halogens is 3. The molecule has 0 saturated heterocycles. The molecule has 1 aliphatic carbocycles. The van der Waals surface area contributed by atoms with E-state index in [2.05, 4.69) is 35.1 Å². The molecule has 0 aliphatic heterocycles. The molecule has 1 aromatic rings. The third-order valence-corrected chi connectivity index (χ3v) is 4.99. The minimum absolute atomic E-state index is 0.0515. The fourth-order valence-electron chi connectivity index (χ4n) is 2.54. The number of hydrogen-bond acceptors (Lipinski definition) is 1. The lowest BCUT2D eigenvalue weighted by Gasteiger charge is -2.21. The molecule has 0 amide bonds. The van der Waals surface area contributed by atoms with Crippen LogP contribution in [-0.2, 0) is 0 Å². The second-order valence-electron chi connectivity index (χ2n) is 5.62. The van der Waals surface area contributed by atoms with Crippen molar-refractivity contribution in [2.75, 3.05) is 6.54 Å². The summed E-state index contributed by atoms with van der Waals surface area (Å²) in [5, 5.41) is 3.95. The van der Waals surface area contributed by atoms with Crippen LogP contribution in [0.4, 0.5) is 4.39 Å². The maximum Gasteiger partial charge on any atom is 0.129 e. The molecule has 100 valence electrons. The highest BCUT2D eigenvalue weighted by molar-refractivity contribution is 9.10. The van der Waals surface area contributed by atoms with Crippen molar-refractivity contribution in [3.63, 3.8) is 0 Å². The maximum atomic E-state index is 14.1. The van der Waals surface area contributed by atoms with E-state index in [1.165, 1.54) is 6.07 Å². The van der Waals surface area contributed by atoms with E-state index in [1.54, 1.807) is 6.07 Å². The van der Waals surface area contributed by atoms with Crippen molar-refractivity contribution in [1.82, 2.24) is 5.32 Å². The van der Waals surface area contributed by atoms with Gasteiger partial charge in [0.25, 0.3) is 0 Å². The summed E-state index contributed by atoms with van der Waals surface area (Å²) < 4.78 is 14.7. The lowest BCUT2D eigenvalue weighted by Crippen LogP contribution is -2.25. The highest BCUT2D eigenvalue weighted by atomic mass is 79.9. The molecule has 1 N–H and O–H groups in total. The first-order chi connectivity index (χ1) is 8.36. The van der Waals surface area contributed by atoms with Crippen molar-refractivity contribution in [2.24, 2.45) is 11.3 Å². The summed E-state index contributed by atoms with van der Waals surface area (Å²) in [7, 11) is 0. The first kappa shape index (κ1) is 14.3. The second kappa shape index (κ2) is 5.10. The van der Waals surface area contributed by atoms with E-state index in [0.717, 1.165) is 13.0 Å². The third-order valence-electron chi connectivity index (χ3n) is 3.79. The third kappa shape index (κ3) is 2.73. The van der Waals surface area contributed by atoms with E-state index in [-0.39, 0.29) is 11.9 Å². The van der Waals surface area contributed by atoms with Gasteiger partial charge in [0, 0.05) is 16.1 Å². The van der Waals surface area contributed by atoms with Crippen LogP contribution in [-0.4, -0.2) is 6.54 Å². The molecule has 0 radical (unpaired) electrons. The van der Waals surface area contributed by atoms with Crippen molar-refractivity contribution in [2.45, 2.75) is 33.2 Å². The Hall–Kier alpha value is -0.120. The summed E-state index contributed by atoms with van der Waals surface area (Å²) in [6, 6.07) is 3.25. The molecule has 0 aromatic heterocycles. The predicted octanol–water partition coefficient (Wildman–Crippen LogP) is 4.94. The molecule has 4 heteroatoms. The molecule has 1 aromatic carbocycles. The van der Waals surface area contributed by atoms with E-state index in [9.17, 15) is 4.39 Å². The van der Waals surface area contributed by atoms with Gasteiger partial charge in [-0.3, -0.25) is 0 Å². The van der Waals surface area contributed by atoms with E-state index < -0.39 is 0 Å². The number of benzene rings is 1. The predicted molar refractivity (Wildman–Crippen MR) is 77.4 cm³/mol. The normalized spacial score (nSPS) is 22.9. The van der Waals surface area contributed by atoms with Gasteiger partial charge < -0.3 is 5.32 Å². The fourth-order valence-corrected chi connectivity index (χ4v) is 3.03. The van der Waals surface area contributed by atoms with E-state index in [4.69, 9.17) is 11.6 Å². The largest absolute Gasteiger partial charge is 0.310 e. The average Bonchev–Trinajstić information content (AvgIpc) is 2.90. The fraction of sp³-hybridized carbons (Fsp3) is 0.571. The zero-order valence-corrected chi connectivity index (χ0v) is 13.2. The Morgan fingerprint density at radius 2 is 2.17 bits per heavy atom. The first-order valence-electron chi connectivity index (χ1n) is 6.24. The van der Waals surface area contributed by atoms with Gasteiger partial charge in [-0.25, -0.2) is 4.39 Å². The summed E-state index contributed by atoms with van der Waals surface area (Å²) in [6.45, 7) is 7.31. The van der Waals surface area contributed by atoms with Crippen molar-refractivity contribution >= 4 is 27.5 Å². The van der Waals surface area contributed by atoms with E-state index in [1.807, 2.05) is 6.92 Å². The van der Waals surface area contributed by atoms with Gasteiger partial charge in [-0.15, -0.1) is 0 Å². The van der Waals surface area contributed by atoms with Crippen molar-refractivity contribution in [1.29, 1.82) is 0 Å². The summed E-state index contributed by atoms with van der Waals surface area (Å²) in [4.78, 5) is 0. The molecule has 1 saturated carbocycles. The summed E-state index contributed by atoms with van der Waals surface area (Å²) in [5.41, 5.74) is 0.972. The van der Waals surface area contributed by atoms with Gasteiger partial charge in [0.15, 0.2) is 0 Å². The van der Waals surface area contributed by atoms with Crippen LogP contribution in [0.1, 0.15) is 38.8 Å². The average molecular weight is 335 g/mol. The maximum absolute atomic E-state index is 14.1. The minimum atomic E-state index is -0.195. The molecular weight excluding hydrogens is 317 g/mol. The smallest absolute Gasteiger partial charge is 0.129 e.